The van der Waals surface area contributed by atoms with E-state index in [2.05, 4.69) is 39.0 Å². The summed E-state index contributed by atoms with van der Waals surface area (Å²) < 4.78 is 5.53. The van der Waals surface area contributed by atoms with Crippen molar-refractivity contribution in [1.29, 1.82) is 0 Å². The molecule has 1 aromatic heterocycles. The van der Waals surface area contributed by atoms with E-state index in [-0.39, 0.29) is 0 Å². The highest BCUT2D eigenvalue weighted by molar-refractivity contribution is 5.82. The van der Waals surface area contributed by atoms with Gasteiger partial charge in [-0.25, -0.2) is 0 Å². The third-order valence-corrected chi connectivity index (χ3v) is 3.15. The molecular formula is C15H20O. The third kappa shape index (κ3) is 2.13. The lowest BCUT2D eigenvalue weighted by atomic mass is 9.96. The Bertz CT molecular complexity index is 465. The van der Waals surface area contributed by atoms with Gasteiger partial charge in [0.15, 0.2) is 0 Å². The highest BCUT2D eigenvalue weighted by Crippen LogP contribution is 2.27. The Morgan fingerprint density at radius 2 is 2.06 bits per heavy atom. The van der Waals surface area contributed by atoms with Crippen LogP contribution in [0.15, 0.2) is 28.9 Å². The largest absolute Gasteiger partial charge is 0.464 e. The van der Waals surface area contributed by atoms with Gasteiger partial charge in [-0.05, 0) is 42.0 Å². The molecule has 1 aromatic carbocycles. The molecule has 0 saturated heterocycles. The zero-order chi connectivity index (χ0) is 11.5. The van der Waals surface area contributed by atoms with Crippen LogP contribution in [0.5, 0.6) is 0 Å². The molecule has 0 saturated carbocycles. The van der Waals surface area contributed by atoms with Crippen molar-refractivity contribution in [3.8, 4) is 0 Å². The Balaban J connectivity index is 2.46. The Morgan fingerprint density at radius 3 is 2.75 bits per heavy atom. The summed E-state index contributed by atoms with van der Waals surface area (Å²) in [5, 5.41) is 1.29. The number of hydrogen-bond donors (Lipinski definition) is 0. The monoisotopic (exact) mass is 216 g/mol. The van der Waals surface area contributed by atoms with E-state index >= 15 is 0 Å². The second-order valence-corrected chi connectivity index (χ2v) is 4.77. The van der Waals surface area contributed by atoms with E-state index in [0.29, 0.717) is 5.92 Å². The lowest BCUT2D eigenvalue weighted by Gasteiger charge is -2.09. The fourth-order valence-corrected chi connectivity index (χ4v) is 2.08. The molecule has 0 unspecified atom stereocenters. The van der Waals surface area contributed by atoms with Crippen LogP contribution in [0.2, 0.25) is 0 Å². The molecule has 1 heterocycles. The standard InChI is InChI=1S/C15H20O/c1-4-5-6-12-9-13(11(2)3)10-15-14(12)7-8-16-15/h7-11H,4-6H2,1-3H3. The van der Waals surface area contributed by atoms with E-state index in [4.69, 9.17) is 4.42 Å². The molecule has 0 fully saturated rings. The van der Waals surface area contributed by atoms with Crippen molar-refractivity contribution in [3.63, 3.8) is 0 Å². The minimum Gasteiger partial charge on any atom is -0.464 e. The van der Waals surface area contributed by atoms with Gasteiger partial charge in [0.25, 0.3) is 0 Å². The number of fused-ring (bicyclic) bond motifs is 1. The van der Waals surface area contributed by atoms with Gasteiger partial charge in [-0.3, -0.25) is 0 Å². The highest BCUT2D eigenvalue weighted by Gasteiger charge is 2.08. The van der Waals surface area contributed by atoms with E-state index in [1.54, 1.807) is 6.26 Å². The first-order valence-corrected chi connectivity index (χ1v) is 6.22. The lowest BCUT2D eigenvalue weighted by Crippen LogP contribution is -1.92. The van der Waals surface area contributed by atoms with E-state index in [9.17, 15) is 0 Å². The summed E-state index contributed by atoms with van der Waals surface area (Å²) >= 11 is 0. The van der Waals surface area contributed by atoms with Crippen LogP contribution in [0, 0.1) is 0 Å². The van der Waals surface area contributed by atoms with Crippen molar-refractivity contribution in [2.45, 2.75) is 46.0 Å². The van der Waals surface area contributed by atoms with Gasteiger partial charge in [-0.2, -0.15) is 0 Å². The van der Waals surface area contributed by atoms with Crippen LogP contribution in [-0.2, 0) is 6.42 Å². The van der Waals surface area contributed by atoms with Gasteiger partial charge in [0.2, 0.25) is 0 Å². The first kappa shape index (κ1) is 11.3. The fourth-order valence-electron chi connectivity index (χ4n) is 2.08. The van der Waals surface area contributed by atoms with Crippen LogP contribution >= 0.6 is 0 Å². The molecule has 86 valence electrons. The summed E-state index contributed by atoms with van der Waals surface area (Å²) in [4.78, 5) is 0. The Kier molecular flexibility index (Phi) is 3.33. The average molecular weight is 216 g/mol. The van der Waals surface area contributed by atoms with Crippen molar-refractivity contribution >= 4 is 11.0 Å². The highest BCUT2D eigenvalue weighted by atomic mass is 16.3. The zero-order valence-electron chi connectivity index (χ0n) is 10.4. The minimum absolute atomic E-state index is 0.565. The van der Waals surface area contributed by atoms with Crippen molar-refractivity contribution in [2.75, 3.05) is 0 Å². The SMILES string of the molecule is CCCCc1cc(C(C)C)cc2occc12. The average Bonchev–Trinajstić information content (AvgIpc) is 2.73. The first-order chi connectivity index (χ1) is 7.72. The number of benzene rings is 1. The second kappa shape index (κ2) is 4.73. The maximum absolute atomic E-state index is 5.53. The summed E-state index contributed by atoms with van der Waals surface area (Å²) in [6.45, 7) is 6.69. The second-order valence-electron chi connectivity index (χ2n) is 4.77. The van der Waals surface area contributed by atoms with E-state index in [1.165, 1.54) is 29.4 Å². The molecule has 2 aromatic rings. The predicted octanol–water partition coefficient (Wildman–Crippen LogP) is 4.90. The Hall–Kier alpha value is -1.24. The topological polar surface area (TPSA) is 13.1 Å². The van der Waals surface area contributed by atoms with Crippen molar-refractivity contribution in [3.05, 3.63) is 35.6 Å². The van der Waals surface area contributed by atoms with Crippen LogP contribution in [0.4, 0.5) is 0 Å². The molecule has 0 amide bonds. The van der Waals surface area contributed by atoms with Crippen LogP contribution in [0.25, 0.3) is 11.0 Å². The van der Waals surface area contributed by atoms with Gasteiger partial charge < -0.3 is 4.42 Å². The van der Waals surface area contributed by atoms with Crippen LogP contribution in [0.1, 0.15) is 50.7 Å². The van der Waals surface area contributed by atoms with Gasteiger partial charge in [0, 0.05) is 5.39 Å². The Morgan fingerprint density at radius 1 is 1.25 bits per heavy atom. The number of hydrogen-bond acceptors (Lipinski definition) is 1. The molecule has 0 spiro atoms. The summed E-state index contributed by atoms with van der Waals surface area (Å²) in [7, 11) is 0. The van der Waals surface area contributed by atoms with Gasteiger partial charge in [0.1, 0.15) is 5.58 Å². The molecular weight excluding hydrogens is 196 g/mol. The molecule has 0 radical (unpaired) electrons. The van der Waals surface area contributed by atoms with E-state index < -0.39 is 0 Å². The van der Waals surface area contributed by atoms with Crippen molar-refractivity contribution in [2.24, 2.45) is 0 Å². The normalized spacial score (nSPS) is 11.5. The predicted molar refractivity (Wildman–Crippen MR) is 68.9 cm³/mol. The Labute approximate surface area is 97.5 Å². The summed E-state index contributed by atoms with van der Waals surface area (Å²) in [5.41, 5.74) is 3.86. The van der Waals surface area contributed by atoms with Crippen LogP contribution < -0.4 is 0 Å². The van der Waals surface area contributed by atoms with Crippen molar-refractivity contribution < 1.29 is 4.42 Å². The fraction of sp³-hybridized carbons (Fsp3) is 0.467. The number of aryl methyl sites for hydroxylation is 1. The molecule has 0 N–H and O–H groups in total. The van der Waals surface area contributed by atoms with Crippen molar-refractivity contribution in [1.82, 2.24) is 0 Å². The maximum Gasteiger partial charge on any atom is 0.134 e. The quantitative estimate of drug-likeness (QED) is 0.708. The minimum atomic E-state index is 0.565. The number of furan rings is 1. The molecule has 1 heteroatoms. The third-order valence-electron chi connectivity index (χ3n) is 3.15. The van der Waals surface area contributed by atoms with Gasteiger partial charge in [-0.1, -0.05) is 33.3 Å². The van der Waals surface area contributed by atoms with Crippen LogP contribution in [-0.4, -0.2) is 0 Å². The summed E-state index contributed by atoms with van der Waals surface area (Å²) in [6.07, 6.45) is 5.45. The number of unbranched alkanes of at least 4 members (excludes halogenated alkanes) is 1. The zero-order valence-corrected chi connectivity index (χ0v) is 10.4. The van der Waals surface area contributed by atoms with Gasteiger partial charge in [0.05, 0.1) is 6.26 Å². The molecule has 0 aliphatic carbocycles. The van der Waals surface area contributed by atoms with E-state index in [0.717, 1.165) is 12.0 Å². The molecule has 16 heavy (non-hydrogen) atoms. The molecule has 0 aliphatic rings. The molecule has 0 atom stereocenters. The lowest BCUT2D eigenvalue weighted by molar-refractivity contribution is 0.614. The summed E-state index contributed by atoms with van der Waals surface area (Å²) in [5.74, 6) is 0.565. The summed E-state index contributed by atoms with van der Waals surface area (Å²) in [6, 6.07) is 6.61. The molecule has 0 bridgehead atoms. The van der Waals surface area contributed by atoms with Gasteiger partial charge in [-0.15, -0.1) is 0 Å². The van der Waals surface area contributed by atoms with Gasteiger partial charge >= 0.3 is 0 Å². The van der Waals surface area contributed by atoms with E-state index in [1.807, 2.05) is 0 Å². The molecule has 0 aliphatic heterocycles. The molecule has 1 nitrogen and oxygen atoms in total. The smallest absolute Gasteiger partial charge is 0.134 e. The first-order valence-electron chi connectivity index (χ1n) is 6.22. The maximum atomic E-state index is 5.53. The van der Waals surface area contributed by atoms with Crippen LogP contribution in [0.3, 0.4) is 0 Å². The number of rotatable bonds is 4. The molecule has 2 rings (SSSR count).